The molecular formula is C23H37N3O4S. The van der Waals surface area contributed by atoms with Crippen LogP contribution in [-0.2, 0) is 19.6 Å². The number of benzene rings is 1. The lowest BCUT2D eigenvalue weighted by molar-refractivity contribution is -0.138. The van der Waals surface area contributed by atoms with E-state index in [2.05, 4.69) is 19.0 Å². The quantitative estimate of drug-likeness (QED) is 0.636. The first-order chi connectivity index (χ1) is 14.6. The van der Waals surface area contributed by atoms with E-state index in [1.165, 1.54) is 0 Å². The van der Waals surface area contributed by atoms with Gasteiger partial charge in [-0.2, -0.15) is 4.31 Å². The van der Waals surface area contributed by atoms with Crippen LogP contribution in [0.3, 0.4) is 0 Å². The van der Waals surface area contributed by atoms with Crippen LogP contribution >= 0.6 is 0 Å². The molecule has 1 aromatic rings. The van der Waals surface area contributed by atoms with Crippen molar-refractivity contribution in [2.75, 3.05) is 46.9 Å². The van der Waals surface area contributed by atoms with Crippen LogP contribution in [0.4, 0.5) is 0 Å². The summed E-state index contributed by atoms with van der Waals surface area (Å²) in [4.78, 5) is 17.0. The van der Waals surface area contributed by atoms with Crippen molar-refractivity contribution in [1.29, 1.82) is 0 Å². The highest BCUT2D eigenvalue weighted by Gasteiger charge is 2.37. The van der Waals surface area contributed by atoms with Gasteiger partial charge in [0.25, 0.3) is 0 Å². The average Bonchev–Trinajstić information content (AvgIpc) is 3.16. The Morgan fingerprint density at radius 3 is 2.26 bits per heavy atom. The normalized spacial score (nSPS) is 21.2. The fourth-order valence-corrected chi connectivity index (χ4v) is 7.08. The minimum atomic E-state index is -3.60. The van der Waals surface area contributed by atoms with Gasteiger partial charge in [-0.15, -0.1) is 0 Å². The molecule has 1 atom stereocenters. The summed E-state index contributed by atoms with van der Waals surface area (Å²) in [5.41, 5.74) is 2.61. The molecule has 3 rings (SSSR count). The molecule has 0 saturated carbocycles. The fourth-order valence-electron chi connectivity index (χ4n) is 4.99. The van der Waals surface area contributed by atoms with Gasteiger partial charge in [0.2, 0.25) is 15.9 Å². The highest BCUT2D eigenvalue weighted by atomic mass is 32.2. The summed E-state index contributed by atoms with van der Waals surface area (Å²) < 4.78 is 34.2. The lowest BCUT2D eigenvalue weighted by atomic mass is 10.0. The van der Waals surface area contributed by atoms with E-state index in [0.29, 0.717) is 17.5 Å². The van der Waals surface area contributed by atoms with E-state index in [-0.39, 0.29) is 25.2 Å². The molecule has 0 radical (unpaired) electrons. The molecule has 2 aliphatic rings. The molecule has 0 unspecified atom stereocenters. The Hall–Kier alpha value is -1.48. The van der Waals surface area contributed by atoms with Crippen LogP contribution in [0, 0.1) is 20.8 Å². The van der Waals surface area contributed by atoms with Gasteiger partial charge in [0.15, 0.2) is 0 Å². The predicted octanol–water partition coefficient (Wildman–Crippen LogP) is 2.33. The second kappa shape index (κ2) is 9.98. The molecule has 0 aliphatic carbocycles. The Labute approximate surface area is 187 Å². The number of hydrogen-bond acceptors (Lipinski definition) is 5. The van der Waals surface area contributed by atoms with Crippen molar-refractivity contribution in [3.8, 4) is 0 Å². The summed E-state index contributed by atoms with van der Waals surface area (Å²) in [5.74, 6) is -0.00478. The zero-order valence-electron chi connectivity index (χ0n) is 19.6. The predicted molar refractivity (Wildman–Crippen MR) is 122 cm³/mol. The summed E-state index contributed by atoms with van der Waals surface area (Å²) in [7, 11) is 0.553. The molecular weight excluding hydrogens is 414 g/mol. The number of piperidine rings is 1. The van der Waals surface area contributed by atoms with E-state index in [9.17, 15) is 13.2 Å². The van der Waals surface area contributed by atoms with E-state index < -0.39 is 10.0 Å². The molecule has 0 spiro atoms. The van der Waals surface area contributed by atoms with E-state index in [1.807, 2.05) is 37.8 Å². The Morgan fingerprint density at radius 1 is 1.06 bits per heavy atom. The Morgan fingerprint density at radius 2 is 1.68 bits per heavy atom. The number of likely N-dealkylation sites (tertiary alicyclic amines) is 1. The van der Waals surface area contributed by atoms with Crippen molar-refractivity contribution >= 4 is 15.9 Å². The first-order valence-electron chi connectivity index (χ1n) is 11.2. The van der Waals surface area contributed by atoms with Crippen LogP contribution in [0.15, 0.2) is 17.0 Å². The van der Waals surface area contributed by atoms with Gasteiger partial charge in [-0.1, -0.05) is 17.7 Å². The first-order valence-corrected chi connectivity index (χ1v) is 12.7. The van der Waals surface area contributed by atoms with Crippen LogP contribution in [-0.4, -0.2) is 87.5 Å². The molecule has 1 amide bonds. The minimum Gasteiger partial charge on any atom is -0.370 e. The lowest BCUT2D eigenvalue weighted by Crippen LogP contribution is -2.46. The number of carbonyl (C=O) groups is 1. The van der Waals surface area contributed by atoms with Crippen molar-refractivity contribution in [1.82, 2.24) is 14.1 Å². The van der Waals surface area contributed by atoms with Crippen molar-refractivity contribution < 1.29 is 17.9 Å². The molecule has 2 aliphatic heterocycles. The smallest absolute Gasteiger partial charge is 0.248 e. The summed E-state index contributed by atoms with van der Waals surface area (Å²) in [5, 5.41) is 0. The van der Waals surface area contributed by atoms with Crippen LogP contribution in [0.25, 0.3) is 0 Å². The van der Waals surface area contributed by atoms with Crippen LogP contribution < -0.4 is 0 Å². The third-order valence-corrected chi connectivity index (χ3v) is 8.84. The highest BCUT2D eigenvalue weighted by molar-refractivity contribution is 7.89. The van der Waals surface area contributed by atoms with Crippen molar-refractivity contribution in [2.24, 2.45) is 0 Å². The Balaban J connectivity index is 1.57. The lowest BCUT2D eigenvalue weighted by Gasteiger charge is -2.35. The number of rotatable bonds is 7. The highest BCUT2D eigenvalue weighted by Crippen LogP contribution is 2.30. The van der Waals surface area contributed by atoms with Gasteiger partial charge in [-0.3, -0.25) is 4.79 Å². The first kappa shape index (κ1) is 24.2. The molecule has 2 heterocycles. The zero-order valence-corrected chi connectivity index (χ0v) is 20.4. The number of hydrogen-bond donors (Lipinski definition) is 0. The molecule has 0 aromatic heterocycles. The van der Waals surface area contributed by atoms with Crippen molar-refractivity contribution in [3.63, 3.8) is 0 Å². The van der Waals surface area contributed by atoms with Gasteiger partial charge < -0.3 is 14.5 Å². The number of sulfonamides is 1. The largest absolute Gasteiger partial charge is 0.370 e. The maximum atomic E-state index is 13.4. The van der Waals surface area contributed by atoms with Crippen molar-refractivity contribution in [3.05, 3.63) is 28.8 Å². The van der Waals surface area contributed by atoms with E-state index in [0.717, 1.165) is 55.5 Å². The molecule has 8 heteroatoms. The molecule has 174 valence electrons. The maximum absolute atomic E-state index is 13.4. The summed E-state index contributed by atoms with van der Waals surface area (Å²) in [6, 6.07) is 4.13. The second-order valence-electron chi connectivity index (χ2n) is 9.23. The Kier molecular flexibility index (Phi) is 7.78. The summed E-state index contributed by atoms with van der Waals surface area (Å²) in [6.45, 7) is 7.95. The SMILES string of the molecule is Cc1cc(C)c(S(=O)(=O)N2CCC[C@H]2COCC(=O)N2CCC(N(C)C)CC2)c(C)c1. The summed E-state index contributed by atoms with van der Waals surface area (Å²) >= 11 is 0. The fraction of sp³-hybridized carbons (Fsp3) is 0.696. The third-order valence-electron chi connectivity index (χ3n) is 6.58. The summed E-state index contributed by atoms with van der Waals surface area (Å²) in [6.07, 6.45) is 3.51. The number of carbonyl (C=O) groups excluding carboxylic acids is 1. The topological polar surface area (TPSA) is 70.2 Å². The monoisotopic (exact) mass is 451 g/mol. The molecule has 2 saturated heterocycles. The van der Waals surface area contributed by atoms with Gasteiger partial charge in [-0.05, 0) is 71.7 Å². The molecule has 1 aromatic carbocycles. The maximum Gasteiger partial charge on any atom is 0.248 e. The second-order valence-corrected chi connectivity index (χ2v) is 11.1. The molecule has 0 N–H and O–H groups in total. The van der Waals surface area contributed by atoms with Gasteiger partial charge in [0.1, 0.15) is 6.61 Å². The number of ether oxygens (including phenoxy) is 1. The van der Waals surface area contributed by atoms with Gasteiger partial charge in [0.05, 0.1) is 11.5 Å². The molecule has 2 fully saturated rings. The number of aryl methyl sites for hydroxylation is 3. The number of nitrogens with zero attached hydrogens (tertiary/aromatic N) is 3. The minimum absolute atomic E-state index is 0.00478. The third kappa shape index (κ3) is 5.48. The average molecular weight is 452 g/mol. The molecule has 7 nitrogen and oxygen atoms in total. The van der Waals surface area contributed by atoms with E-state index >= 15 is 0 Å². The Bertz CT molecular complexity index is 869. The van der Waals surface area contributed by atoms with E-state index in [1.54, 1.807) is 4.31 Å². The van der Waals surface area contributed by atoms with Gasteiger partial charge in [-0.25, -0.2) is 8.42 Å². The van der Waals surface area contributed by atoms with Crippen molar-refractivity contribution in [2.45, 2.75) is 63.4 Å². The van der Waals surface area contributed by atoms with E-state index in [4.69, 9.17) is 4.74 Å². The number of amides is 1. The van der Waals surface area contributed by atoms with Crippen LogP contribution in [0.5, 0.6) is 0 Å². The van der Waals surface area contributed by atoms with Gasteiger partial charge >= 0.3 is 0 Å². The molecule has 0 bridgehead atoms. The van der Waals surface area contributed by atoms with Gasteiger partial charge in [0, 0.05) is 31.7 Å². The van der Waals surface area contributed by atoms with Crippen LogP contribution in [0.2, 0.25) is 0 Å². The zero-order chi connectivity index (χ0) is 22.8. The standard InChI is InChI=1S/C23H37N3O4S/c1-17-13-18(2)23(19(3)14-17)31(28,29)26-10-6-7-21(26)15-30-16-22(27)25-11-8-20(9-12-25)24(4)5/h13-14,20-21H,6-12,15-16H2,1-5H3/t21-/m0/s1. The van der Waals surface area contributed by atoms with Crippen LogP contribution in [0.1, 0.15) is 42.4 Å². The molecule has 31 heavy (non-hydrogen) atoms.